The third-order valence-corrected chi connectivity index (χ3v) is 3.30. The largest absolute Gasteiger partial charge is 0.444 e. The van der Waals surface area contributed by atoms with Crippen LogP contribution in [0.15, 0.2) is 0 Å². The molecule has 2 unspecified atom stereocenters. The van der Waals surface area contributed by atoms with Crippen molar-refractivity contribution in [3.8, 4) is 0 Å². The summed E-state index contributed by atoms with van der Waals surface area (Å²) in [6.45, 7) is 9.37. The molecule has 0 aliphatic carbocycles. The molecule has 0 aromatic carbocycles. The van der Waals surface area contributed by atoms with Crippen LogP contribution in [-0.4, -0.2) is 35.7 Å². The highest BCUT2D eigenvalue weighted by Gasteiger charge is 2.38. The number of hydrogen-bond donors (Lipinski definition) is 1. The Hall–Kier alpha value is -0.770. The van der Waals surface area contributed by atoms with E-state index in [4.69, 9.17) is 10.5 Å². The van der Waals surface area contributed by atoms with E-state index in [0.717, 1.165) is 25.8 Å². The van der Waals surface area contributed by atoms with E-state index in [0.29, 0.717) is 18.5 Å². The molecule has 0 bridgehead atoms. The first-order valence-corrected chi connectivity index (χ1v) is 6.58. The average molecular weight is 242 g/mol. The lowest BCUT2D eigenvalue weighted by molar-refractivity contribution is -0.0190. The topological polar surface area (TPSA) is 55.6 Å². The summed E-state index contributed by atoms with van der Waals surface area (Å²) in [4.78, 5) is 13.8. The standard InChI is InChI=1S/C13H26N2O2/c1-5-10(6-8-14)11-7-9-15(11)12(16)17-13(2,3)4/h10-11H,5-9,14H2,1-4H3. The van der Waals surface area contributed by atoms with E-state index < -0.39 is 5.60 Å². The highest BCUT2D eigenvalue weighted by atomic mass is 16.6. The molecule has 0 aromatic rings. The number of nitrogens with two attached hydrogens (primary N) is 1. The molecule has 2 N–H and O–H groups in total. The predicted octanol–water partition coefficient (Wildman–Crippen LogP) is 2.37. The third kappa shape index (κ3) is 3.87. The van der Waals surface area contributed by atoms with Gasteiger partial charge in [0.1, 0.15) is 5.60 Å². The highest BCUT2D eigenvalue weighted by Crippen LogP contribution is 2.30. The van der Waals surface area contributed by atoms with Gasteiger partial charge in [-0.3, -0.25) is 0 Å². The SMILES string of the molecule is CCC(CCN)C1CCN1C(=O)OC(C)(C)C. The van der Waals surface area contributed by atoms with Crippen LogP contribution in [0.1, 0.15) is 47.0 Å². The van der Waals surface area contributed by atoms with Gasteiger partial charge in [-0.1, -0.05) is 13.3 Å². The Labute approximate surface area is 104 Å². The van der Waals surface area contributed by atoms with E-state index in [2.05, 4.69) is 6.92 Å². The smallest absolute Gasteiger partial charge is 0.410 e. The first-order valence-electron chi connectivity index (χ1n) is 6.58. The zero-order valence-corrected chi connectivity index (χ0v) is 11.5. The van der Waals surface area contributed by atoms with Crippen molar-refractivity contribution in [2.24, 2.45) is 11.7 Å². The van der Waals surface area contributed by atoms with E-state index in [1.165, 1.54) is 0 Å². The van der Waals surface area contributed by atoms with Gasteiger partial charge in [0.2, 0.25) is 0 Å². The van der Waals surface area contributed by atoms with Crippen LogP contribution in [0.5, 0.6) is 0 Å². The molecule has 1 aliphatic rings. The van der Waals surface area contributed by atoms with Crippen molar-refractivity contribution in [3.05, 3.63) is 0 Å². The van der Waals surface area contributed by atoms with Crippen molar-refractivity contribution in [2.75, 3.05) is 13.1 Å². The summed E-state index contributed by atoms with van der Waals surface area (Å²) in [6, 6.07) is 0.332. The Morgan fingerprint density at radius 1 is 1.53 bits per heavy atom. The van der Waals surface area contributed by atoms with Crippen LogP contribution < -0.4 is 5.73 Å². The van der Waals surface area contributed by atoms with Crippen LogP contribution >= 0.6 is 0 Å². The molecule has 0 radical (unpaired) electrons. The molecular weight excluding hydrogens is 216 g/mol. The first-order chi connectivity index (χ1) is 7.89. The minimum Gasteiger partial charge on any atom is -0.444 e. The van der Waals surface area contributed by atoms with Gasteiger partial charge in [-0.15, -0.1) is 0 Å². The van der Waals surface area contributed by atoms with Gasteiger partial charge >= 0.3 is 6.09 Å². The molecule has 4 heteroatoms. The molecule has 1 heterocycles. The summed E-state index contributed by atoms with van der Waals surface area (Å²) in [5, 5.41) is 0. The Morgan fingerprint density at radius 3 is 2.53 bits per heavy atom. The minimum atomic E-state index is -0.410. The predicted molar refractivity (Wildman–Crippen MR) is 68.8 cm³/mol. The maximum atomic E-state index is 11.9. The Morgan fingerprint density at radius 2 is 2.18 bits per heavy atom. The molecule has 1 fully saturated rings. The van der Waals surface area contributed by atoms with Crippen LogP contribution in [0.4, 0.5) is 4.79 Å². The molecule has 1 aliphatic heterocycles. The molecule has 0 spiro atoms. The summed E-state index contributed by atoms with van der Waals surface area (Å²) in [6.07, 6.45) is 2.96. The molecule has 4 nitrogen and oxygen atoms in total. The fourth-order valence-corrected chi connectivity index (χ4v) is 2.33. The number of nitrogens with zero attached hydrogens (tertiary/aromatic N) is 1. The van der Waals surface area contributed by atoms with Gasteiger partial charge < -0.3 is 15.4 Å². The van der Waals surface area contributed by atoms with Crippen molar-refractivity contribution in [2.45, 2.75) is 58.6 Å². The maximum Gasteiger partial charge on any atom is 0.410 e. The Kier molecular flexibility index (Phi) is 4.80. The lowest BCUT2D eigenvalue weighted by atomic mass is 9.85. The second-order valence-corrected chi connectivity index (χ2v) is 5.78. The Bertz CT molecular complexity index is 261. The van der Waals surface area contributed by atoms with Crippen molar-refractivity contribution in [3.63, 3.8) is 0 Å². The molecule has 1 saturated heterocycles. The molecule has 0 saturated carbocycles. The van der Waals surface area contributed by atoms with Gasteiger partial charge in [0, 0.05) is 12.6 Å². The van der Waals surface area contributed by atoms with Crippen LogP contribution in [0.25, 0.3) is 0 Å². The normalized spacial score (nSPS) is 21.9. The number of rotatable bonds is 4. The fourth-order valence-electron chi connectivity index (χ4n) is 2.33. The second kappa shape index (κ2) is 5.71. The van der Waals surface area contributed by atoms with E-state index in [1.807, 2.05) is 25.7 Å². The number of carbonyl (C=O) groups excluding carboxylic acids is 1. The van der Waals surface area contributed by atoms with Gasteiger partial charge in [-0.05, 0) is 46.1 Å². The van der Waals surface area contributed by atoms with Crippen LogP contribution in [0.2, 0.25) is 0 Å². The van der Waals surface area contributed by atoms with E-state index in [1.54, 1.807) is 0 Å². The molecule has 1 amide bonds. The van der Waals surface area contributed by atoms with Crippen molar-refractivity contribution >= 4 is 6.09 Å². The molecule has 2 atom stereocenters. The monoisotopic (exact) mass is 242 g/mol. The lowest BCUT2D eigenvalue weighted by Crippen LogP contribution is -2.56. The second-order valence-electron chi connectivity index (χ2n) is 5.78. The zero-order chi connectivity index (χ0) is 13.1. The quantitative estimate of drug-likeness (QED) is 0.823. The molecule has 1 rings (SSSR count). The van der Waals surface area contributed by atoms with Crippen molar-refractivity contribution in [1.82, 2.24) is 4.90 Å². The average Bonchev–Trinajstić information content (AvgIpc) is 2.11. The fraction of sp³-hybridized carbons (Fsp3) is 0.923. The van der Waals surface area contributed by atoms with Crippen LogP contribution in [0.3, 0.4) is 0 Å². The Balaban J connectivity index is 2.52. The summed E-state index contributed by atoms with van der Waals surface area (Å²) in [5.41, 5.74) is 5.20. The lowest BCUT2D eigenvalue weighted by Gasteiger charge is -2.45. The van der Waals surface area contributed by atoms with Gasteiger partial charge in [0.15, 0.2) is 0 Å². The minimum absolute atomic E-state index is 0.177. The number of hydrogen-bond acceptors (Lipinski definition) is 3. The van der Waals surface area contributed by atoms with E-state index in [9.17, 15) is 4.79 Å². The van der Waals surface area contributed by atoms with Crippen LogP contribution in [-0.2, 0) is 4.74 Å². The summed E-state index contributed by atoms with van der Waals surface area (Å²) < 4.78 is 5.40. The molecule has 17 heavy (non-hydrogen) atoms. The van der Waals surface area contributed by atoms with Crippen molar-refractivity contribution < 1.29 is 9.53 Å². The van der Waals surface area contributed by atoms with Gasteiger partial charge in [-0.25, -0.2) is 4.79 Å². The first kappa shape index (κ1) is 14.3. The maximum absolute atomic E-state index is 11.9. The molecular formula is C13H26N2O2. The summed E-state index contributed by atoms with van der Waals surface area (Å²) in [7, 11) is 0. The number of carbonyl (C=O) groups is 1. The number of ether oxygens (including phenoxy) is 1. The van der Waals surface area contributed by atoms with E-state index >= 15 is 0 Å². The van der Waals surface area contributed by atoms with Crippen molar-refractivity contribution in [1.29, 1.82) is 0 Å². The summed E-state index contributed by atoms with van der Waals surface area (Å²) in [5.74, 6) is 0.515. The summed E-state index contributed by atoms with van der Waals surface area (Å²) >= 11 is 0. The van der Waals surface area contributed by atoms with Gasteiger partial charge in [0.05, 0.1) is 0 Å². The van der Waals surface area contributed by atoms with Gasteiger partial charge in [-0.2, -0.15) is 0 Å². The zero-order valence-electron chi connectivity index (χ0n) is 11.5. The number of amides is 1. The molecule has 100 valence electrons. The number of likely N-dealkylation sites (tertiary alicyclic amines) is 1. The van der Waals surface area contributed by atoms with Crippen LogP contribution in [0, 0.1) is 5.92 Å². The third-order valence-electron chi connectivity index (χ3n) is 3.30. The van der Waals surface area contributed by atoms with E-state index in [-0.39, 0.29) is 6.09 Å². The van der Waals surface area contributed by atoms with Gasteiger partial charge in [0.25, 0.3) is 0 Å². The highest BCUT2D eigenvalue weighted by molar-refractivity contribution is 5.69. The molecule has 0 aromatic heterocycles.